The third-order valence-corrected chi connectivity index (χ3v) is 3.51. The maximum absolute atomic E-state index is 11.4. The Morgan fingerprint density at radius 1 is 0.955 bits per heavy atom. The number of hydrogen-bond donors (Lipinski definition) is 1. The summed E-state index contributed by atoms with van der Waals surface area (Å²) < 4.78 is 0. The van der Waals surface area contributed by atoms with Crippen LogP contribution >= 0.6 is 0 Å². The number of carbonyl (C=O) groups is 1. The summed E-state index contributed by atoms with van der Waals surface area (Å²) >= 11 is 0. The third-order valence-electron chi connectivity index (χ3n) is 3.51. The monoisotopic (exact) mass is 293 g/mol. The van der Waals surface area contributed by atoms with Gasteiger partial charge in [0.15, 0.2) is 0 Å². The largest absolute Gasteiger partial charge is 0.478 e. The Hall–Kier alpha value is -3.21. The molecule has 0 amide bonds. The molecule has 0 saturated carbocycles. The first-order valence-corrected chi connectivity index (χ1v) is 6.58. The number of carboxylic acid groups (broad SMARTS) is 1. The summed E-state index contributed by atoms with van der Waals surface area (Å²) in [6, 6.07) is 16.6. The number of carboxylic acids is 1. The zero-order valence-electron chi connectivity index (χ0n) is 11.4. The van der Waals surface area contributed by atoms with Gasteiger partial charge >= 0.3 is 5.97 Å². The summed E-state index contributed by atoms with van der Waals surface area (Å²) in [7, 11) is 0. The molecule has 3 rings (SSSR count). The molecule has 0 aliphatic heterocycles. The van der Waals surface area contributed by atoms with Gasteiger partial charge in [-0.2, -0.15) is 0 Å². The van der Waals surface area contributed by atoms with Crippen LogP contribution < -0.4 is 0 Å². The fourth-order valence-electron chi connectivity index (χ4n) is 2.53. The number of aromatic carboxylic acids is 1. The van der Waals surface area contributed by atoms with Gasteiger partial charge in [-0.05, 0) is 28.0 Å². The normalized spacial score (nSPS) is 10.5. The van der Waals surface area contributed by atoms with Crippen molar-refractivity contribution in [3.8, 4) is 11.1 Å². The highest BCUT2D eigenvalue weighted by atomic mass is 16.6. The second-order valence-corrected chi connectivity index (χ2v) is 4.82. The van der Waals surface area contributed by atoms with Crippen molar-refractivity contribution in [1.82, 2.24) is 0 Å². The van der Waals surface area contributed by atoms with E-state index in [9.17, 15) is 20.0 Å². The summed E-state index contributed by atoms with van der Waals surface area (Å²) in [4.78, 5) is 22.1. The second kappa shape index (κ2) is 5.29. The minimum absolute atomic E-state index is 0.0612. The van der Waals surface area contributed by atoms with Crippen LogP contribution in [0, 0.1) is 10.1 Å². The van der Waals surface area contributed by atoms with Crippen LogP contribution in [0.2, 0.25) is 0 Å². The fraction of sp³-hybridized carbons (Fsp3) is 0. The van der Waals surface area contributed by atoms with Crippen molar-refractivity contribution in [3.63, 3.8) is 0 Å². The summed E-state index contributed by atoms with van der Waals surface area (Å²) in [5.41, 5.74) is 1.07. The third kappa shape index (κ3) is 2.29. The van der Waals surface area contributed by atoms with Gasteiger partial charge in [0.2, 0.25) is 0 Å². The molecule has 5 heteroatoms. The smallest absolute Gasteiger partial charge is 0.336 e. The summed E-state index contributed by atoms with van der Waals surface area (Å²) in [6.07, 6.45) is 0. The Kier molecular flexibility index (Phi) is 3.31. The van der Waals surface area contributed by atoms with E-state index in [4.69, 9.17) is 0 Å². The van der Waals surface area contributed by atoms with Gasteiger partial charge in [-0.15, -0.1) is 0 Å². The second-order valence-electron chi connectivity index (χ2n) is 4.82. The highest BCUT2D eigenvalue weighted by Crippen LogP contribution is 2.34. The van der Waals surface area contributed by atoms with Crippen molar-refractivity contribution in [2.45, 2.75) is 0 Å². The van der Waals surface area contributed by atoms with Gasteiger partial charge in [-0.25, -0.2) is 4.79 Å². The van der Waals surface area contributed by atoms with Crippen molar-refractivity contribution in [2.24, 2.45) is 0 Å². The molecule has 1 N–H and O–H groups in total. The van der Waals surface area contributed by atoms with E-state index >= 15 is 0 Å². The first-order valence-electron chi connectivity index (χ1n) is 6.58. The topological polar surface area (TPSA) is 80.4 Å². The van der Waals surface area contributed by atoms with Gasteiger partial charge in [-0.1, -0.05) is 42.5 Å². The number of benzene rings is 3. The number of nitro benzene ring substituents is 1. The Labute approximate surface area is 125 Å². The van der Waals surface area contributed by atoms with Crippen LogP contribution in [0.5, 0.6) is 0 Å². The molecular weight excluding hydrogens is 282 g/mol. The van der Waals surface area contributed by atoms with Crippen LogP contribution in [0.15, 0.2) is 60.7 Å². The Morgan fingerprint density at radius 2 is 1.64 bits per heavy atom. The van der Waals surface area contributed by atoms with Crippen molar-refractivity contribution in [2.75, 3.05) is 0 Å². The number of non-ortho nitro benzene ring substituents is 1. The van der Waals surface area contributed by atoms with Gasteiger partial charge in [0.1, 0.15) is 0 Å². The lowest BCUT2D eigenvalue weighted by Crippen LogP contribution is -2.00. The SMILES string of the molecule is O=C(O)c1ccccc1-c1cc([N+](=O)[O-])cc2ccccc12. The zero-order chi connectivity index (χ0) is 15.7. The molecule has 0 aliphatic carbocycles. The molecule has 5 nitrogen and oxygen atoms in total. The van der Waals surface area contributed by atoms with Crippen LogP contribution in [-0.4, -0.2) is 16.0 Å². The highest BCUT2D eigenvalue weighted by Gasteiger charge is 2.17. The molecule has 0 saturated heterocycles. The van der Waals surface area contributed by atoms with Crippen molar-refractivity contribution >= 4 is 22.4 Å². The maximum atomic E-state index is 11.4. The molecule has 0 fully saturated rings. The molecular formula is C17H11NO4. The minimum atomic E-state index is -1.06. The van der Waals surface area contributed by atoms with Crippen LogP contribution in [-0.2, 0) is 0 Å². The fourth-order valence-corrected chi connectivity index (χ4v) is 2.53. The molecule has 0 heterocycles. The van der Waals surface area contributed by atoms with Gasteiger partial charge in [0.25, 0.3) is 5.69 Å². The molecule has 0 aliphatic rings. The van der Waals surface area contributed by atoms with E-state index in [2.05, 4.69) is 0 Å². The van der Waals surface area contributed by atoms with E-state index in [0.717, 1.165) is 5.39 Å². The van der Waals surface area contributed by atoms with E-state index in [1.165, 1.54) is 18.2 Å². The molecule has 108 valence electrons. The maximum Gasteiger partial charge on any atom is 0.336 e. The van der Waals surface area contributed by atoms with Crippen molar-refractivity contribution in [1.29, 1.82) is 0 Å². The van der Waals surface area contributed by atoms with Gasteiger partial charge < -0.3 is 5.11 Å². The van der Waals surface area contributed by atoms with Gasteiger partial charge in [-0.3, -0.25) is 10.1 Å². The molecule has 0 radical (unpaired) electrons. The van der Waals surface area contributed by atoms with Crippen LogP contribution in [0.25, 0.3) is 21.9 Å². The molecule has 0 aromatic heterocycles. The molecule has 0 spiro atoms. The summed E-state index contributed by atoms with van der Waals surface area (Å²) in [5.74, 6) is -1.06. The first-order chi connectivity index (χ1) is 10.6. The summed E-state index contributed by atoms with van der Waals surface area (Å²) in [5, 5.41) is 22.0. The molecule has 3 aromatic rings. The number of hydrogen-bond acceptors (Lipinski definition) is 3. The first kappa shape index (κ1) is 13.8. The number of rotatable bonds is 3. The van der Waals surface area contributed by atoms with E-state index in [1.54, 1.807) is 30.3 Å². The van der Waals surface area contributed by atoms with E-state index in [-0.39, 0.29) is 11.3 Å². The molecule has 3 aromatic carbocycles. The Morgan fingerprint density at radius 3 is 2.36 bits per heavy atom. The lowest BCUT2D eigenvalue weighted by Gasteiger charge is -2.10. The Balaban J connectivity index is 2.40. The molecule has 0 atom stereocenters. The average molecular weight is 293 g/mol. The molecule has 0 unspecified atom stereocenters. The van der Waals surface area contributed by atoms with Crippen molar-refractivity contribution in [3.05, 3.63) is 76.3 Å². The van der Waals surface area contributed by atoms with Crippen LogP contribution in [0.3, 0.4) is 0 Å². The average Bonchev–Trinajstić information content (AvgIpc) is 2.53. The predicted octanol–water partition coefficient (Wildman–Crippen LogP) is 4.11. The molecule has 22 heavy (non-hydrogen) atoms. The lowest BCUT2D eigenvalue weighted by atomic mass is 9.94. The molecule has 0 bridgehead atoms. The van der Waals surface area contributed by atoms with E-state index in [1.807, 2.05) is 12.1 Å². The number of nitro groups is 1. The zero-order valence-corrected chi connectivity index (χ0v) is 11.4. The van der Waals surface area contributed by atoms with Crippen molar-refractivity contribution < 1.29 is 14.8 Å². The predicted molar refractivity (Wildman–Crippen MR) is 83.0 cm³/mol. The number of fused-ring (bicyclic) bond motifs is 1. The van der Waals surface area contributed by atoms with Crippen LogP contribution in [0.1, 0.15) is 10.4 Å². The number of nitrogens with zero attached hydrogens (tertiary/aromatic N) is 1. The standard InChI is InChI=1S/C17H11NO4/c19-17(20)15-8-4-3-7-14(15)16-10-12(18(21)22)9-11-5-1-2-6-13(11)16/h1-10H,(H,19,20). The van der Waals surface area contributed by atoms with Gasteiger partial charge in [0.05, 0.1) is 10.5 Å². The Bertz CT molecular complexity index is 902. The van der Waals surface area contributed by atoms with Crippen LogP contribution in [0.4, 0.5) is 5.69 Å². The van der Waals surface area contributed by atoms with E-state index in [0.29, 0.717) is 16.5 Å². The van der Waals surface area contributed by atoms with Gasteiger partial charge in [0, 0.05) is 12.1 Å². The highest BCUT2D eigenvalue weighted by molar-refractivity contribution is 6.04. The minimum Gasteiger partial charge on any atom is -0.478 e. The summed E-state index contributed by atoms with van der Waals surface area (Å²) in [6.45, 7) is 0. The quantitative estimate of drug-likeness (QED) is 0.582. The lowest BCUT2D eigenvalue weighted by molar-refractivity contribution is -0.384. The van der Waals surface area contributed by atoms with E-state index < -0.39 is 10.9 Å².